The average Bonchev–Trinajstić information content (AvgIpc) is 3.22. The smallest absolute Gasteiger partial charge is 0.387 e. The van der Waals surface area contributed by atoms with Gasteiger partial charge in [0.1, 0.15) is 0 Å². The highest BCUT2D eigenvalue weighted by molar-refractivity contribution is 5.81. The van der Waals surface area contributed by atoms with Crippen LogP contribution in [0.1, 0.15) is 168 Å². The Balaban J connectivity index is 0.000000137. The van der Waals surface area contributed by atoms with Gasteiger partial charge in [-0.1, -0.05) is 69.2 Å². The van der Waals surface area contributed by atoms with Crippen molar-refractivity contribution < 1.29 is 74.6 Å². The van der Waals surface area contributed by atoms with Crippen molar-refractivity contribution in [2.75, 3.05) is 60.2 Å². The van der Waals surface area contributed by atoms with Crippen LogP contribution in [-0.2, 0) is 19.2 Å². The van der Waals surface area contributed by atoms with E-state index in [1.807, 2.05) is 36.4 Å². The van der Waals surface area contributed by atoms with Crippen LogP contribution >= 0.6 is 0 Å². The number of ether oxygens (including phenoxy) is 8. The third-order valence-corrected chi connectivity index (χ3v) is 17.6. The van der Waals surface area contributed by atoms with Gasteiger partial charge in [-0.25, -0.2) is 0 Å². The van der Waals surface area contributed by atoms with Crippen LogP contribution in [0.15, 0.2) is 72.8 Å². The molecule has 4 N–H and O–H groups in total. The molecular formula is C66H84F4N4O12. The summed E-state index contributed by atoms with van der Waals surface area (Å²) in [4.78, 5) is 45.4. The van der Waals surface area contributed by atoms with Crippen LogP contribution in [-0.4, -0.2) is 103 Å². The van der Waals surface area contributed by atoms with Gasteiger partial charge in [-0.2, -0.15) is 17.6 Å². The van der Waals surface area contributed by atoms with E-state index in [1.54, 1.807) is 38.5 Å². The molecule has 20 heteroatoms. The number of carbonyl (C=O) groups is 4. The summed E-state index contributed by atoms with van der Waals surface area (Å²) >= 11 is 0. The molecule has 4 saturated heterocycles. The molecule has 4 amide bonds. The van der Waals surface area contributed by atoms with E-state index in [-0.39, 0.29) is 64.9 Å². The maximum atomic E-state index is 12.5. The molecule has 8 aliphatic rings. The Bertz CT molecular complexity index is 2880. The molecule has 4 saturated carbocycles. The second-order valence-electron chi connectivity index (χ2n) is 23.8. The van der Waals surface area contributed by atoms with Crippen molar-refractivity contribution in [2.24, 2.45) is 17.8 Å². The van der Waals surface area contributed by atoms with E-state index in [9.17, 15) is 36.7 Å². The van der Waals surface area contributed by atoms with E-state index in [4.69, 9.17) is 28.4 Å². The van der Waals surface area contributed by atoms with Gasteiger partial charge in [0.15, 0.2) is 46.0 Å². The Morgan fingerprint density at radius 1 is 0.407 bits per heavy atom. The summed E-state index contributed by atoms with van der Waals surface area (Å²) in [6.45, 7) is -1.20. The fourth-order valence-corrected chi connectivity index (χ4v) is 12.1. The van der Waals surface area contributed by atoms with E-state index in [0.29, 0.717) is 75.9 Å². The number of rotatable bonds is 23. The maximum absolute atomic E-state index is 12.5. The molecule has 468 valence electrons. The van der Waals surface area contributed by atoms with E-state index >= 15 is 0 Å². The molecule has 4 aromatic carbocycles. The number of carbonyl (C=O) groups excluding carboxylic acids is 4. The van der Waals surface area contributed by atoms with E-state index in [2.05, 4.69) is 30.7 Å². The second-order valence-corrected chi connectivity index (χ2v) is 23.8. The summed E-state index contributed by atoms with van der Waals surface area (Å²) in [7, 11) is 3.32. The van der Waals surface area contributed by atoms with Gasteiger partial charge in [0, 0.05) is 75.5 Å². The quantitative estimate of drug-likeness (QED) is 0.0515. The molecule has 0 aromatic heterocycles. The predicted octanol–water partition coefficient (Wildman–Crippen LogP) is 12.0. The van der Waals surface area contributed by atoms with E-state index in [0.717, 1.165) is 122 Å². The van der Waals surface area contributed by atoms with E-state index < -0.39 is 13.2 Å². The largest absolute Gasteiger partial charge is 0.493 e. The number of hydrogen-bond donors (Lipinski definition) is 4. The molecule has 12 rings (SSSR count). The molecular weight excluding hydrogens is 1120 g/mol. The van der Waals surface area contributed by atoms with Gasteiger partial charge < -0.3 is 59.2 Å². The summed E-state index contributed by atoms with van der Waals surface area (Å²) in [6, 6.07) is 21.9. The number of hydrogen-bond acceptors (Lipinski definition) is 12. The first-order valence-electron chi connectivity index (χ1n) is 30.9. The van der Waals surface area contributed by atoms with Gasteiger partial charge in [-0.05, 0) is 140 Å². The first-order valence-corrected chi connectivity index (χ1v) is 30.9. The lowest BCUT2D eigenvalue weighted by Crippen LogP contribution is -2.19. The molecule has 8 fully saturated rings. The third-order valence-electron chi connectivity index (χ3n) is 17.6. The van der Waals surface area contributed by atoms with Crippen molar-refractivity contribution in [2.45, 2.75) is 165 Å². The zero-order chi connectivity index (χ0) is 60.4. The maximum Gasteiger partial charge on any atom is 0.387 e. The molecule has 16 nitrogen and oxygen atoms in total. The van der Waals surface area contributed by atoms with Crippen LogP contribution in [0.4, 0.5) is 17.6 Å². The molecule has 86 heavy (non-hydrogen) atoms. The summed E-state index contributed by atoms with van der Waals surface area (Å²) in [5, 5.41) is 11.3. The van der Waals surface area contributed by atoms with E-state index in [1.165, 1.54) is 57.1 Å². The minimum absolute atomic E-state index is 0.00911. The van der Waals surface area contributed by atoms with Crippen LogP contribution in [0, 0.1) is 17.8 Å². The van der Waals surface area contributed by atoms with Gasteiger partial charge >= 0.3 is 13.2 Å². The summed E-state index contributed by atoms with van der Waals surface area (Å²) in [5.74, 6) is 7.00. The molecule has 0 bridgehead atoms. The zero-order valence-corrected chi connectivity index (χ0v) is 49.5. The number of alkyl halides is 4. The minimum Gasteiger partial charge on any atom is -0.493 e. The lowest BCUT2D eigenvalue weighted by Gasteiger charge is -2.26. The van der Waals surface area contributed by atoms with Crippen LogP contribution in [0.3, 0.4) is 0 Å². The standard InChI is InChI=1S/C18H25NO3.2C16H19F2NO3.C16H21NO3/c1-21-16-7-6-14(15-11-18(20)19-12-15)10-17(16)22-9-8-13-4-2-3-5-13;17-16(18)22-13-5-4-11(12-7-15(20)19-8-12)6-14(13)21-9-10-2-1-3-10;17-16(18)22-13-6-5-10(11-8-15(20)19-9-11)7-14(13)21-12-3-1-2-4-12;1-19-14-5-4-12(13-9-16(18)17-10-13)8-15(14)20-7-6-11-2-3-11/h6-7,10,13,15H,2-5,8-9,11-12H2,1H3,(H,19,20);4-6,10,12,16H,1-3,7-9H2,(H,19,20);5-7,11-12,16H,1-4,8-9H2,(H,19,20);4-5,8,11,13H,2-3,6-7,9-10H2,1H3,(H,17,18). The van der Waals surface area contributed by atoms with Gasteiger partial charge in [0.2, 0.25) is 23.6 Å². The summed E-state index contributed by atoms with van der Waals surface area (Å²) in [5.41, 5.74) is 4.11. The summed E-state index contributed by atoms with van der Waals surface area (Å²) < 4.78 is 93.3. The number of benzene rings is 4. The highest BCUT2D eigenvalue weighted by atomic mass is 19.3. The fourth-order valence-electron chi connectivity index (χ4n) is 12.1. The second kappa shape index (κ2) is 31.5. The van der Waals surface area contributed by atoms with Crippen molar-refractivity contribution in [3.63, 3.8) is 0 Å². The molecule has 4 aromatic rings. The first kappa shape index (κ1) is 63.4. The highest BCUT2D eigenvalue weighted by Crippen LogP contribution is 2.40. The lowest BCUT2D eigenvalue weighted by atomic mass is 9.86. The first-order chi connectivity index (χ1) is 41.7. The Labute approximate surface area is 501 Å². The van der Waals surface area contributed by atoms with Crippen molar-refractivity contribution >= 4 is 23.6 Å². The number of amides is 4. The molecule has 4 unspecified atom stereocenters. The van der Waals surface area contributed by atoms with Crippen LogP contribution in [0.25, 0.3) is 0 Å². The Morgan fingerprint density at radius 3 is 1.10 bits per heavy atom. The number of halogens is 4. The fraction of sp³-hybridized carbons (Fsp3) is 0.576. The van der Waals surface area contributed by atoms with Gasteiger partial charge in [-0.15, -0.1) is 0 Å². The van der Waals surface area contributed by atoms with Gasteiger partial charge in [-0.3, -0.25) is 19.2 Å². The number of methoxy groups -OCH3 is 2. The summed E-state index contributed by atoms with van der Waals surface area (Å²) in [6.07, 6.45) is 19.8. The third kappa shape index (κ3) is 18.9. The minimum atomic E-state index is -2.88. The monoisotopic (exact) mass is 1200 g/mol. The molecule has 4 atom stereocenters. The molecule has 0 radical (unpaired) electrons. The lowest BCUT2D eigenvalue weighted by molar-refractivity contribution is -0.120. The Hall–Kier alpha value is -7.12. The molecule has 4 aliphatic carbocycles. The zero-order valence-electron chi connectivity index (χ0n) is 49.5. The SMILES string of the molecule is COc1ccc(C2CNC(=O)C2)cc1OCCC1CC1.COc1ccc(C2CNC(=O)C2)cc1OCCC1CCCC1.O=C1CC(c2ccc(OC(F)F)c(OC3CCCC3)c2)CN1.O=C1CC(c2ccc(OC(F)F)c(OCC3CCC3)c2)CN1. The van der Waals surface area contributed by atoms with Gasteiger partial charge in [0.25, 0.3) is 0 Å². The topological polar surface area (TPSA) is 190 Å². The Morgan fingerprint density at radius 2 is 0.756 bits per heavy atom. The van der Waals surface area contributed by atoms with Crippen molar-refractivity contribution in [3.8, 4) is 46.0 Å². The normalized spacial score (nSPS) is 21.8. The van der Waals surface area contributed by atoms with Gasteiger partial charge in [0.05, 0.1) is 40.1 Å². The van der Waals surface area contributed by atoms with Crippen LogP contribution in [0.5, 0.6) is 46.0 Å². The molecule has 0 spiro atoms. The molecule has 4 aliphatic heterocycles. The van der Waals surface area contributed by atoms with Crippen molar-refractivity contribution in [3.05, 3.63) is 95.1 Å². The predicted molar refractivity (Wildman–Crippen MR) is 314 cm³/mol. The highest BCUT2D eigenvalue weighted by Gasteiger charge is 2.30. The van der Waals surface area contributed by atoms with Crippen molar-refractivity contribution in [1.82, 2.24) is 21.3 Å². The number of nitrogens with one attached hydrogen (secondary N) is 4. The Kier molecular flexibility index (Phi) is 23.2. The van der Waals surface area contributed by atoms with Crippen LogP contribution in [0.2, 0.25) is 0 Å². The van der Waals surface area contributed by atoms with Crippen LogP contribution < -0.4 is 59.2 Å². The average molecular weight is 1200 g/mol. The van der Waals surface area contributed by atoms with Crippen molar-refractivity contribution in [1.29, 1.82) is 0 Å². The molecule has 4 heterocycles.